The predicted molar refractivity (Wildman–Crippen MR) is 363 cm³/mol. The van der Waals surface area contributed by atoms with Gasteiger partial charge in [-0.15, -0.1) is 0 Å². The highest BCUT2D eigenvalue weighted by molar-refractivity contribution is 5.71. The molecule has 490 valence electrons. The Kier molecular flexibility index (Phi) is 70.5. The zero-order valence-electron chi connectivity index (χ0n) is 56.5. The molecule has 0 aromatic carbocycles. The zero-order chi connectivity index (χ0) is 59.9. The minimum atomic E-state index is -0.766. The van der Waals surface area contributed by atoms with Crippen LogP contribution in [-0.4, -0.2) is 37.2 Å². The molecular weight excluding hydrogens is 1020 g/mol. The molecule has 0 aromatic heterocycles. The topological polar surface area (TPSA) is 78.9 Å². The van der Waals surface area contributed by atoms with Crippen LogP contribution < -0.4 is 0 Å². The summed E-state index contributed by atoms with van der Waals surface area (Å²) >= 11 is 0. The van der Waals surface area contributed by atoms with Gasteiger partial charge in [-0.25, -0.2) is 0 Å². The number of carbonyl (C=O) groups is 3. The Morgan fingerprint density at radius 2 is 0.434 bits per heavy atom. The van der Waals surface area contributed by atoms with Gasteiger partial charge in [-0.05, 0) is 51.4 Å². The van der Waals surface area contributed by atoms with E-state index in [4.69, 9.17) is 14.2 Å². The van der Waals surface area contributed by atoms with E-state index < -0.39 is 6.10 Å². The summed E-state index contributed by atoms with van der Waals surface area (Å²) in [6.07, 6.45) is 89.5. The van der Waals surface area contributed by atoms with Crippen molar-refractivity contribution in [1.29, 1.82) is 0 Å². The first-order valence-electron chi connectivity index (χ1n) is 37.8. The van der Waals surface area contributed by atoms with Crippen molar-refractivity contribution >= 4 is 17.9 Å². The van der Waals surface area contributed by atoms with Gasteiger partial charge < -0.3 is 14.2 Å². The maximum Gasteiger partial charge on any atom is 0.306 e. The van der Waals surface area contributed by atoms with E-state index in [1.54, 1.807) is 0 Å². The average Bonchev–Trinajstić information content (AvgIpc) is 3.49. The lowest BCUT2D eigenvalue weighted by Crippen LogP contribution is -2.30. The lowest BCUT2D eigenvalue weighted by Gasteiger charge is -2.18. The first kappa shape index (κ1) is 80.9. The summed E-state index contributed by atoms with van der Waals surface area (Å²) in [5, 5.41) is 0. The van der Waals surface area contributed by atoms with Gasteiger partial charge in [0.2, 0.25) is 0 Å². The third-order valence-electron chi connectivity index (χ3n) is 17.5. The van der Waals surface area contributed by atoms with Crippen molar-refractivity contribution in [2.75, 3.05) is 13.2 Å². The molecule has 0 rings (SSSR count). The SMILES string of the molecule is CCCCCCC/C=C\C/C=C\CCCCCCCCCCCCCCCCCCCCCC(=O)OCC(COC(=O)CCCCCCCCCCCCCC)OC(=O)CCCCCCCCCCCCCCCCCCCCCCCC. The molecule has 0 amide bonds. The van der Waals surface area contributed by atoms with Crippen molar-refractivity contribution in [2.24, 2.45) is 0 Å². The van der Waals surface area contributed by atoms with E-state index in [1.807, 2.05) is 0 Å². The lowest BCUT2D eigenvalue weighted by atomic mass is 10.0. The maximum atomic E-state index is 13.0. The molecule has 1 atom stereocenters. The van der Waals surface area contributed by atoms with E-state index in [1.165, 1.54) is 327 Å². The first-order valence-corrected chi connectivity index (χ1v) is 37.8. The standard InChI is InChI=1S/C77H146O6/c1-4-7-10-13-16-19-22-25-27-29-31-33-35-36-37-38-39-40-41-42-43-45-46-48-50-52-55-58-61-64-67-70-76(79)82-73-74(72-81-75(78)69-66-63-60-57-54-24-21-18-15-12-9-6-3)83-77(80)71-68-65-62-59-56-53-51-49-47-44-34-32-30-28-26-23-20-17-14-11-8-5-2/h22,25,29,31,74H,4-21,23-24,26-28,30,32-73H2,1-3H3/b25-22-,31-29-. The second-order valence-electron chi connectivity index (χ2n) is 25.9. The Morgan fingerprint density at radius 3 is 0.663 bits per heavy atom. The lowest BCUT2D eigenvalue weighted by molar-refractivity contribution is -0.167. The third-order valence-corrected chi connectivity index (χ3v) is 17.5. The van der Waals surface area contributed by atoms with Crippen molar-refractivity contribution < 1.29 is 28.6 Å². The smallest absolute Gasteiger partial charge is 0.306 e. The van der Waals surface area contributed by atoms with Gasteiger partial charge in [0.25, 0.3) is 0 Å². The van der Waals surface area contributed by atoms with Gasteiger partial charge in [0.05, 0.1) is 0 Å². The molecule has 6 heteroatoms. The van der Waals surface area contributed by atoms with Crippen LogP contribution in [0.15, 0.2) is 24.3 Å². The second kappa shape index (κ2) is 72.4. The van der Waals surface area contributed by atoms with E-state index in [9.17, 15) is 14.4 Å². The number of unbranched alkanes of at least 4 members (excludes halogenated alkanes) is 56. The highest BCUT2D eigenvalue weighted by Crippen LogP contribution is 2.19. The Balaban J connectivity index is 4.12. The number of rotatable bonds is 71. The van der Waals surface area contributed by atoms with Crippen molar-refractivity contribution in [2.45, 2.75) is 438 Å². The van der Waals surface area contributed by atoms with Crippen LogP contribution >= 0.6 is 0 Å². The average molecular weight is 1170 g/mol. The molecule has 0 spiro atoms. The largest absolute Gasteiger partial charge is 0.462 e. The number of allylic oxidation sites excluding steroid dienone is 4. The fourth-order valence-electron chi connectivity index (χ4n) is 11.8. The molecule has 0 aromatic rings. The molecule has 0 fully saturated rings. The molecule has 0 saturated carbocycles. The number of esters is 3. The summed E-state index contributed by atoms with van der Waals surface area (Å²) in [5.74, 6) is -0.826. The molecule has 0 aliphatic carbocycles. The normalized spacial score (nSPS) is 12.1. The van der Waals surface area contributed by atoms with Gasteiger partial charge in [0, 0.05) is 19.3 Å². The molecule has 0 saturated heterocycles. The summed E-state index contributed by atoms with van der Waals surface area (Å²) < 4.78 is 17.0. The van der Waals surface area contributed by atoms with Gasteiger partial charge >= 0.3 is 17.9 Å². The van der Waals surface area contributed by atoms with E-state index >= 15 is 0 Å². The Hall–Kier alpha value is -2.11. The molecule has 83 heavy (non-hydrogen) atoms. The molecular formula is C77H146O6. The molecule has 1 unspecified atom stereocenters. The minimum absolute atomic E-state index is 0.0628. The van der Waals surface area contributed by atoms with Crippen molar-refractivity contribution in [3.05, 3.63) is 24.3 Å². The van der Waals surface area contributed by atoms with Gasteiger partial charge in [-0.3, -0.25) is 14.4 Å². The first-order chi connectivity index (χ1) is 41.0. The summed E-state index contributed by atoms with van der Waals surface area (Å²) in [6, 6.07) is 0. The zero-order valence-corrected chi connectivity index (χ0v) is 56.5. The summed E-state index contributed by atoms with van der Waals surface area (Å²) in [6.45, 7) is 6.72. The van der Waals surface area contributed by atoms with E-state index in [-0.39, 0.29) is 31.1 Å². The van der Waals surface area contributed by atoms with Crippen LogP contribution in [0.25, 0.3) is 0 Å². The molecule has 0 heterocycles. The Morgan fingerprint density at radius 1 is 0.241 bits per heavy atom. The van der Waals surface area contributed by atoms with Crippen LogP contribution in [0.3, 0.4) is 0 Å². The summed E-state index contributed by atoms with van der Waals surface area (Å²) in [5.41, 5.74) is 0. The second-order valence-corrected chi connectivity index (χ2v) is 25.9. The summed E-state index contributed by atoms with van der Waals surface area (Å²) in [7, 11) is 0. The predicted octanol–water partition coefficient (Wildman–Crippen LogP) is 26.1. The van der Waals surface area contributed by atoms with Crippen LogP contribution in [0.4, 0.5) is 0 Å². The van der Waals surface area contributed by atoms with E-state index in [0.717, 1.165) is 64.2 Å². The van der Waals surface area contributed by atoms with Crippen LogP contribution in [-0.2, 0) is 28.6 Å². The van der Waals surface area contributed by atoms with Gasteiger partial charge in [0.15, 0.2) is 6.10 Å². The molecule has 0 aliphatic heterocycles. The monoisotopic (exact) mass is 1170 g/mol. The van der Waals surface area contributed by atoms with Gasteiger partial charge in [-0.1, -0.05) is 385 Å². The Bertz CT molecular complexity index is 1340. The van der Waals surface area contributed by atoms with Gasteiger partial charge in [-0.2, -0.15) is 0 Å². The molecule has 0 radical (unpaired) electrons. The van der Waals surface area contributed by atoms with Crippen LogP contribution in [0, 0.1) is 0 Å². The number of hydrogen-bond donors (Lipinski definition) is 0. The number of carbonyl (C=O) groups excluding carboxylic acids is 3. The third kappa shape index (κ3) is 70.5. The minimum Gasteiger partial charge on any atom is -0.462 e. The fraction of sp³-hybridized carbons (Fsp3) is 0.909. The molecule has 0 N–H and O–H groups in total. The van der Waals surface area contributed by atoms with Crippen molar-refractivity contribution in [3.63, 3.8) is 0 Å². The number of ether oxygens (including phenoxy) is 3. The fourth-order valence-corrected chi connectivity index (χ4v) is 11.8. The number of hydrogen-bond acceptors (Lipinski definition) is 6. The van der Waals surface area contributed by atoms with E-state index in [2.05, 4.69) is 45.1 Å². The maximum absolute atomic E-state index is 13.0. The van der Waals surface area contributed by atoms with Crippen LogP contribution in [0.1, 0.15) is 432 Å². The van der Waals surface area contributed by atoms with Crippen LogP contribution in [0.5, 0.6) is 0 Å². The molecule has 0 aliphatic rings. The molecule has 6 nitrogen and oxygen atoms in total. The summed E-state index contributed by atoms with van der Waals surface area (Å²) in [4.78, 5) is 38.5. The van der Waals surface area contributed by atoms with Crippen molar-refractivity contribution in [3.8, 4) is 0 Å². The van der Waals surface area contributed by atoms with E-state index in [0.29, 0.717) is 19.3 Å². The Labute approximate surface area is 519 Å². The van der Waals surface area contributed by atoms with Gasteiger partial charge in [0.1, 0.15) is 13.2 Å². The quantitative estimate of drug-likeness (QED) is 0.0261. The molecule has 0 bridgehead atoms. The van der Waals surface area contributed by atoms with Crippen molar-refractivity contribution in [1.82, 2.24) is 0 Å². The highest BCUT2D eigenvalue weighted by Gasteiger charge is 2.20. The highest BCUT2D eigenvalue weighted by atomic mass is 16.6. The van der Waals surface area contributed by atoms with Crippen LogP contribution in [0.2, 0.25) is 0 Å².